The number of rotatable bonds is 3. The van der Waals surface area contributed by atoms with Gasteiger partial charge in [-0.3, -0.25) is 0 Å². The van der Waals surface area contributed by atoms with E-state index in [1.54, 1.807) is 11.5 Å². The van der Waals surface area contributed by atoms with Crippen molar-refractivity contribution in [1.82, 2.24) is 4.57 Å². The molecule has 0 atom stereocenters. The minimum Gasteiger partial charge on any atom is -0.461 e. The molecule has 0 aliphatic rings. The number of carbonyl (C=O) groups is 1. The van der Waals surface area contributed by atoms with Gasteiger partial charge >= 0.3 is 5.97 Å². The number of hydrogen-bond acceptors (Lipinski definition) is 4. The zero-order chi connectivity index (χ0) is 14.7. The number of nitrogens with two attached hydrogens (primary N) is 1. The van der Waals surface area contributed by atoms with Gasteiger partial charge in [-0.2, -0.15) is 5.26 Å². The van der Waals surface area contributed by atoms with Crippen LogP contribution in [0.1, 0.15) is 23.0 Å². The fourth-order valence-corrected chi connectivity index (χ4v) is 2.09. The van der Waals surface area contributed by atoms with Crippen molar-refractivity contribution in [2.24, 2.45) is 0 Å². The van der Waals surface area contributed by atoms with Gasteiger partial charge in [-0.15, -0.1) is 0 Å². The molecular formula is C14H12BrN3O2. The number of nitrogens with zero attached hydrogens (tertiary/aromatic N) is 2. The summed E-state index contributed by atoms with van der Waals surface area (Å²) in [5.74, 6) is -0.547. The predicted molar refractivity (Wildman–Crippen MR) is 78.6 cm³/mol. The highest BCUT2D eigenvalue weighted by Crippen LogP contribution is 2.25. The third-order valence-electron chi connectivity index (χ3n) is 2.74. The first-order chi connectivity index (χ1) is 9.58. The summed E-state index contributed by atoms with van der Waals surface area (Å²) in [6.07, 6.45) is 1.53. The van der Waals surface area contributed by atoms with Gasteiger partial charge in [-0.05, 0) is 31.2 Å². The number of ether oxygens (including phenoxy) is 1. The van der Waals surface area contributed by atoms with Crippen LogP contribution in [0.25, 0.3) is 5.69 Å². The molecule has 2 N–H and O–H groups in total. The summed E-state index contributed by atoms with van der Waals surface area (Å²) >= 11 is 3.35. The van der Waals surface area contributed by atoms with Crippen LogP contribution < -0.4 is 5.73 Å². The second kappa shape index (κ2) is 5.80. The Morgan fingerprint density at radius 1 is 1.45 bits per heavy atom. The van der Waals surface area contributed by atoms with Crippen LogP contribution in [0.4, 0.5) is 5.69 Å². The molecule has 0 aliphatic heterocycles. The SMILES string of the molecule is CCOC(=O)c1c(N)c(C#N)cn1-c1ccc(Br)cc1. The van der Waals surface area contributed by atoms with E-state index in [1.807, 2.05) is 30.3 Å². The average molecular weight is 334 g/mol. The molecule has 0 fully saturated rings. The lowest BCUT2D eigenvalue weighted by Crippen LogP contribution is -2.12. The molecule has 1 aromatic heterocycles. The third kappa shape index (κ3) is 2.53. The van der Waals surface area contributed by atoms with Gasteiger partial charge in [-0.25, -0.2) is 4.79 Å². The Morgan fingerprint density at radius 3 is 2.65 bits per heavy atom. The normalized spacial score (nSPS) is 10.1. The summed E-state index contributed by atoms with van der Waals surface area (Å²) in [5, 5.41) is 9.06. The molecule has 102 valence electrons. The monoisotopic (exact) mass is 333 g/mol. The zero-order valence-electron chi connectivity index (χ0n) is 10.8. The fraction of sp³-hybridized carbons (Fsp3) is 0.143. The number of carbonyl (C=O) groups excluding carboxylic acids is 1. The van der Waals surface area contributed by atoms with Crippen molar-refractivity contribution in [2.75, 3.05) is 12.3 Å². The standard InChI is InChI=1S/C14H12BrN3O2/c1-2-20-14(19)13-12(17)9(7-16)8-18(13)11-5-3-10(15)4-6-11/h3-6,8H,2,17H2,1H3. The van der Waals surface area contributed by atoms with Crippen molar-refractivity contribution in [1.29, 1.82) is 5.26 Å². The van der Waals surface area contributed by atoms with Crippen molar-refractivity contribution in [2.45, 2.75) is 6.92 Å². The second-order valence-electron chi connectivity index (χ2n) is 3.98. The Labute approximate surface area is 124 Å². The van der Waals surface area contributed by atoms with Crippen molar-refractivity contribution >= 4 is 27.6 Å². The maximum atomic E-state index is 12.0. The molecule has 0 aliphatic carbocycles. The van der Waals surface area contributed by atoms with Crippen molar-refractivity contribution in [3.05, 3.63) is 46.2 Å². The smallest absolute Gasteiger partial charge is 0.357 e. The fourth-order valence-electron chi connectivity index (χ4n) is 1.82. The van der Waals surface area contributed by atoms with Gasteiger partial charge in [0.1, 0.15) is 6.07 Å². The van der Waals surface area contributed by atoms with Gasteiger partial charge in [0.2, 0.25) is 0 Å². The maximum absolute atomic E-state index is 12.0. The van der Waals surface area contributed by atoms with Gasteiger partial charge in [0, 0.05) is 16.4 Å². The number of halogens is 1. The van der Waals surface area contributed by atoms with Crippen LogP contribution in [0.5, 0.6) is 0 Å². The summed E-state index contributed by atoms with van der Waals surface area (Å²) in [5.41, 5.74) is 7.14. The van der Waals surface area contributed by atoms with Crippen LogP contribution in [0.15, 0.2) is 34.9 Å². The van der Waals surface area contributed by atoms with Crippen LogP contribution in [-0.2, 0) is 4.74 Å². The quantitative estimate of drug-likeness (QED) is 0.875. The Hall–Kier alpha value is -2.26. The average Bonchev–Trinajstić information content (AvgIpc) is 2.77. The number of benzene rings is 1. The van der Waals surface area contributed by atoms with Crippen LogP contribution in [0.2, 0.25) is 0 Å². The van der Waals surface area contributed by atoms with Crippen LogP contribution in [0, 0.1) is 11.3 Å². The molecule has 0 saturated heterocycles. The number of esters is 1. The van der Waals surface area contributed by atoms with Crippen molar-refractivity contribution in [3.63, 3.8) is 0 Å². The molecule has 1 aromatic carbocycles. The Morgan fingerprint density at radius 2 is 2.10 bits per heavy atom. The second-order valence-corrected chi connectivity index (χ2v) is 4.90. The summed E-state index contributed by atoms with van der Waals surface area (Å²) < 4.78 is 7.48. The van der Waals surface area contributed by atoms with E-state index < -0.39 is 5.97 Å². The first kappa shape index (κ1) is 14.2. The topological polar surface area (TPSA) is 81.0 Å². The first-order valence-corrected chi connectivity index (χ1v) is 6.71. The number of nitrogen functional groups attached to an aromatic ring is 1. The Bertz CT molecular complexity index is 684. The van der Waals surface area contributed by atoms with Gasteiger partial charge in [0.15, 0.2) is 5.69 Å². The molecule has 0 bridgehead atoms. The van der Waals surface area contributed by atoms with Crippen molar-refractivity contribution in [3.8, 4) is 11.8 Å². The zero-order valence-corrected chi connectivity index (χ0v) is 12.3. The molecule has 0 amide bonds. The predicted octanol–water partition coefficient (Wildman–Crippen LogP) is 2.87. The minimum atomic E-state index is -0.547. The number of hydrogen-bond donors (Lipinski definition) is 1. The van der Waals surface area contributed by atoms with E-state index in [9.17, 15) is 4.79 Å². The molecule has 20 heavy (non-hydrogen) atoms. The molecule has 0 spiro atoms. The van der Waals surface area contributed by atoms with E-state index in [-0.39, 0.29) is 23.6 Å². The molecule has 2 rings (SSSR count). The van der Waals surface area contributed by atoms with Gasteiger partial charge in [0.25, 0.3) is 0 Å². The Kier molecular flexibility index (Phi) is 4.11. The van der Waals surface area contributed by atoms with E-state index in [4.69, 9.17) is 15.7 Å². The van der Waals surface area contributed by atoms with Crippen molar-refractivity contribution < 1.29 is 9.53 Å². The van der Waals surface area contributed by atoms with Gasteiger partial charge < -0.3 is 15.0 Å². The highest BCUT2D eigenvalue weighted by Gasteiger charge is 2.21. The molecule has 0 saturated carbocycles. The lowest BCUT2D eigenvalue weighted by atomic mass is 10.2. The van der Waals surface area contributed by atoms with Crippen LogP contribution >= 0.6 is 15.9 Å². The highest BCUT2D eigenvalue weighted by atomic mass is 79.9. The lowest BCUT2D eigenvalue weighted by molar-refractivity contribution is 0.0518. The van der Waals surface area contributed by atoms with E-state index in [2.05, 4.69) is 15.9 Å². The molecule has 2 aromatic rings. The molecule has 6 heteroatoms. The maximum Gasteiger partial charge on any atom is 0.357 e. The van der Waals surface area contributed by atoms with E-state index in [0.29, 0.717) is 0 Å². The summed E-state index contributed by atoms with van der Waals surface area (Å²) in [6.45, 7) is 1.96. The third-order valence-corrected chi connectivity index (χ3v) is 3.27. The van der Waals surface area contributed by atoms with E-state index >= 15 is 0 Å². The molecule has 0 unspecified atom stereocenters. The number of nitriles is 1. The number of aromatic nitrogens is 1. The summed E-state index contributed by atoms with van der Waals surface area (Å²) in [6, 6.07) is 9.28. The number of anilines is 1. The van der Waals surface area contributed by atoms with Crippen LogP contribution in [-0.4, -0.2) is 17.1 Å². The Balaban J connectivity index is 2.60. The molecule has 5 nitrogen and oxygen atoms in total. The van der Waals surface area contributed by atoms with Gasteiger partial charge in [0.05, 0.1) is 17.9 Å². The lowest BCUT2D eigenvalue weighted by Gasteiger charge is -2.09. The molecule has 0 radical (unpaired) electrons. The summed E-state index contributed by atoms with van der Waals surface area (Å²) in [7, 11) is 0. The minimum absolute atomic E-state index is 0.133. The summed E-state index contributed by atoms with van der Waals surface area (Å²) in [4.78, 5) is 12.0. The van der Waals surface area contributed by atoms with Gasteiger partial charge in [-0.1, -0.05) is 15.9 Å². The molecular weight excluding hydrogens is 322 g/mol. The molecule has 1 heterocycles. The van der Waals surface area contributed by atoms with E-state index in [0.717, 1.165) is 10.2 Å². The largest absolute Gasteiger partial charge is 0.461 e. The first-order valence-electron chi connectivity index (χ1n) is 5.92. The highest BCUT2D eigenvalue weighted by molar-refractivity contribution is 9.10. The van der Waals surface area contributed by atoms with E-state index in [1.165, 1.54) is 6.20 Å². The van der Waals surface area contributed by atoms with Crippen LogP contribution in [0.3, 0.4) is 0 Å².